The van der Waals surface area contributed by atoms with Gasteiger partial charge >= 0.3 is 0 Å². The van der Waals surface area contributed by atoms with Crippen molar-refractivity contribution < 1.29 is 14.3 Å². The molecular formula is C17H23N3O3S. The molecule has 0 radical (unpaired) electrons. The van der Waals surface area contributed by atoms with Crippen LogP contribution in [0.4, 0.5) is 0 Å². The van der Waals surface area contributed by atoms with Gasteiger partial charge in [0.1, 0.15) is 5.54 Å². The van der Waals surface area contributed by atoms with Crippen LogP contribution in [0.1, 0.15) is 32.6 Å². The molecule has 3 aliphatic heterocycles. The van der Waals surface area contributed by atoms with Crippen LogP contribution in [0.15, 0.2) is 27.7 Å². The first-order chi connectivity index (χ1) is 11.5. The molecule has 130 valence electrons. The van der Waals surface area contributed by atoms with Crippen molar-refractivity contribution in [2.24, 2.45) is 4.99 Å². The maximum Gasteiger partial charge on any atom is 0.259 e. The molecule has 1 spiro atoms. The lowest BCUT2D eigenvalue weighted by atomic mass is 9.81. The highest BCUT2D eigenvalue weighted by Crippen LogP contribution is 2.30. The van der Waals surface area contributed by atoms with E-state index >= 15 is 0 Å². The van der Waals surface area contributed by atoms with Crippen LogP contribution in [0.2, 0.25) is 0 Å². The van der Waals surface area contributed by atoms with E-state index in [1.807, 2.05) is 19.3 Å². The van der Waals surface area contributed by atoms with Gasteiger partial charge in [-0.3, -0.25) is 14.6 Å². The molecule has 0 aliphatic carbocycles. The molecule has 3 aliphatic rings. The van der Waals surface area contributed by atoms with Gasteiger partial charge in [-0.15, -0.1) is 11.8 Å². The molecule has 0 saturated carbocycles. The molecule has 1 unspecified atom stereocenters. The number of nitrogens with one attached hydrogen (secondary N) is 2. The van der Waals surface area contributed by atoms with E-state index in [0.717, 1.165) is 24.3 Å². The van der Waals surface area contributed by atoms with Crippen molar-refractivity contribution in [1.82, 2.24) is 10.6 Å². The van der Waals surface area contributed by atoms with E-state index in [9.17, 15) is 9.59 Å². The zero-order valence-electron chi connectivity index (χ0n) is 14.1. The number of aliphatic imine (C=N–C) groups is 1. The standard InChI is InChI=1S/C17H23N3O3S/c1-11-5-3-4-6-12(18-11)15(24-2)16(22)19-13-7-8-14(21)20-17(13)9-23-10-17/h3,5,13H,4,6-10H2,1-2H3,(H,19,22)(H,20,21)/b15-12+. The van der Waals surface area contributed by atoms with Crippen LogP contribution in [-0.2, 0) is 14.3 Å². The number of nitrogens with zero attached hydrogens (tertiary/aromatic N) is 1. The van der Waals surface area contributed by atoms with E-state index in [1.54, 1.807) is 0 Å². The molecule has 7 heteroatoms. The van der Waals surface area contributed by atoms with Crippen molar-refractivity contribution in [3.8, 4) is 0 Å². The first kappa shape index (κ1) is 17.2. The summed E-state index contributed by atoms with van der Waals surface area (Å²) in [6.45, 7) is 2.85. The van der Waals surface area contributed by atoms with Crippen molar-refractivity contribution in [3.05, 3.63) is 22.8 Å². The second-order valence-electron chi connectivity index (χ2n) is 6.44. The number of piperidine rings is 1. The monoisotopic (exact) mass is 349 g/mol. The molecule has 1 atom stereocenters. The van der Waals surface area contributed by atoms with Gasteiger partial charge in [0.05, 0.1) is 29.9 Å². The number of thioether (sulfide) groups is 1. The lowest BCUT2D eigenvalue weighted by Gasteiger charge is -2.50. The van der Waals surface area contributed by atoms with Crippen LogP contribution in [0.25, 0.3) is 0 Å². The van der Waals surface area contributed by atoms with Crippen molar-refractivity contribution in [3.63, 3.8) is 0 Å². The predicted molar refractivity (Wildman–Crippen MR) is 94.9 cm³/mol. The molecule has 2 saturated heterocycles. The van der Waals surface area contributed by atoms with Gasteiger partial charge in [-0.1, -0.05) is 6.08 Å². The van der Waals surface area contributed by atoms with Crippen molar-refractivity contribution in [2.45, 2.75) is 44.2 Å². The fourth-order valence-electron chi connectivity index (χ4n) is 3.29. The molecule has 24 heavy (non-hydrogen) atoms. The van der Waals surface area contributed by atoms with Crippen LogP contribution in [-0.4, -0.2) is 48.6 Å². The summed E-state index contributed by atoms with van der Waals surface area (Å²) in [6, 6.07) is -0.104. The van der Waals surface area contributed by atoms with E-state index in [2.05, 4.69) is 21.7 Å². The van der Waals surface area contributed by atoms with E-state index in [-0.39, 0.29) is 17.9 Å². The zero-order chi connectivity index (χ0) is 17.2. The summed E-state index contributed by atoms with van der Waals surface area (Å²) in [5.41, 5.74) is 1.31. The average Bonchev–Trinajstić information content (AvgIpc) is 2.73. The number of hydrogen-bond donors (Lipinski definition) is 2. The molecule has 0 aromatic rings. The first-order valence-corrected chi connectivity index (χ1v) is 9.45. The quantitative estimate of drug-likeness (QED) is 0.758. The largest absolute Gasteiger partial charge is 0.376 e. The van der Waals surface area contributed by atoms with Gasteiger partial charge in [0.15, 0.2) is 0 Å². The molecule has 2 fully saturated rings. The molecule has 6 nitrogen and oxygen atoms in total. The summed E-state index contributed by atoms with van der Waals surface area (Å²) in [5.74, 6) is -0.0781. The number of ether oxygens (including phenoxy) is 1. The lowest BCUT2D eigenvalue weighted by molar-refractivity contribution is -0.146. The average molecular weight is 349 g/mol. The topological polar surface area (TPSA) is 79.8 Å². The Hall–Kier alpha value is -1.60. The minimum atomic E-state index is -0.441. The predicted octanol–water partition coefficient (Wildman–Crippen LogP) is 1.54. The Balaban J connectivity index is 1.77. The molecule has 3 rings (SSSR count). The molecule has 2 N–H and O–H groups in total. The second kappa shape index (κ2) is 7.11. The molecule has 2 amide bonds. The number of carbonyl (C=O) groups is 2. The molecule has 3 heterocycles. The maximum atomic E-state index is 12.8. The van der Waals surface area contributed by atoms with E-state index in [4.69, 9.17) is 4.74 Å². The van der Waals surface area contributed by atoms with Crippen molar-refractivity contribution >= 4 is 29.3 Å². The van der Waals surface area contributed by atoms with Gasteiger partial charge in [-0.25, -0.2) is 0 Å². The van der Waals surface area contributed by atoms with Gasteiger partial charge in [-0.05, 0) is 38.5 Å². The van der Waals surface area contributed by atoms with E-state index in [0.29, 0.717) is 31.0 Å². The molecule has 0 aromatic heterocycles. The normalized spacial score (nSPS) is 27.7. The minimum absolute atomic E-state index is 0.0299. The summed E-state index contributed by atoms with van der Waals surface area (Å²) in [4.78, 5) is 29.8. The summed E-state index contributed by atoms with van der Waals surface area (Å²) in [6.07, 6.45) is 8.67. The number of carbonyl (C=O) groups excluding carboxylic acids is 2. The Morgan fingerprint density at radius 1 is 1.46 bits per heavy atom. The van der Waals surface area contributed by atoms with Crippen LogP contribution in [0, 0.1) is 0 Å². The molecule has 0 bridgehead atoms. The number of hydrogen-bond acceptors (Lipinski definition) is 5. The second-order valence-corrected chi connectivity index (χ2v) is 7.25. The number of allylic oxidation sites excluding steroid dienone is 3. The van der Waals surface area contributed by atoms with E-state index < -0.39 is 5.54 Å². The van der Waals surface area contributed by atoms with Gasteiger partial charge in [0.2, 0.25) is 5.91 Å². The summed E-state index contributed by atoms with van der Waals surface area (Å²) in [5, 5.41) is 6.11. The van der Waals surface area contributed by atoms with Gasteiger partial charge < -0.3 is 15.4 Å². The molecule has 0 aromatic carbocycles. The highest BCUT2D eigenvalue weighted by Gasteiger charge is 2.50. The highest BCUT2D eigenvalue weighted by atomic mass is 32.2. The Morgan fingerprint density at radius 2 is 2.25 bits per heavy atom. The maximum absolute atomic E-state index is 12.8. The SMILES string of the molecule is CS/C(C(=O)NC1CCC(=O)NC12COC2)=C1\CCC=CC(C)=N1. The number of rotatable bonds is 3. The summed E-state index contributed by atoms with van der Waals surface area (Å²) in [7, 11) is 0. The third-order valence-corrected chi connectivity index (χ3v) is 5.46. The van der Waals surface area contributed by atoms with Crippen LogP contribution >= 0.6 is 11.8 Å². The number of amides is 2. The van der Waals surface area contributed by atoms with Gasteiger partial charge in [0, 0.05) is 12.1 Å². The van der Waals surface area contributed by atoms with Crippen LogP contribution in [0.3, 0.4) is 0 Å². The Labute approximate surface area is 146 Å². The fraction of sp³-hybridized carbons (Fsp3) is 0.588. The van der Waals surface area contributed by atoms with Gasteiger partial charge in [0.25, 0.3) is 5.91 Å². The Kier molecular flexibility index (Phi) is 5.10. The fourth-order valence-corrected chi connectivity index (χ4v) is 3.92. The van der Waals surface area contributed by atoms with Crippen molar-refractivity contribution in [1.29, 1.82) is 0 Å². The summed E-state index contributed by atoms with van der Waals surface area (Å²) < 4.78 is 5.30. The van der Waals surface area contributed by atoms with Crippen LogP contribution < -0.4 is 10.6 Å². The first-order valence-electron chi connectivity index (χ1n) is 8.23. The summed E-state index contributed by atoms with van der Waals surface area (Å²) >= 11 is 1.42. The zero-order valence-corrected chi connectivity index (χ0v) is 14.9. The van der Waals surface area contributed by atoms with Crippen molar-refractivity contribution in [2.75, 3.05) is 19.5 Å². The lowest BCUT2D eigenvalue weighted by Crippen LogP contribution is -2.74. The third-order valence-electron chi connectivity index (χ3n) is 4.63. The Morgan fingerprint density at radius 3 is 2.92 bits per heavy atom. The smallest absolute Gasteiger partial charge is 0.259 e. The highest BCUT2D eigenvalue weighted by molar-refractivity contribution is 8.03. The van der Waals surface area contributed by atoms with Crippen LogP contribution in [0.5, 0.6) is 0 Å². The van der Waals surface area contributed by atoms with E-state index in [1.165, 1.54) is 11.8 Å². The van der Waals surface area contributed by atoms with Gasteiger partial charge in [-0.2, -0.15) is 0 Å². The third kappa shape index (κ3) is 3.42. The molecular weight excluding hydrogens is 326 g/mol. The Bertz CT molecular complexity index is 635. The minimum Gasteiger partial charge on any atom is -0.376 e.